The average Bonchev–Trinajstić information content (AvgIpc) is 2.86. The van der Waals surface area contributed by atoms with Crippen LogP contribution >= 0.6 is 0 Å². The van der Waals surface area contributed by atoms with Gasteiger partial charge in [-0.05, 0) is 41.8 Å². The van der Waals surface area contributed by atoms with Gasteiger partial charge in [0.25, 0.3) is 0 Å². The summed E-state index contributed by atoms with van der Waals surface area (Å²) in [6.07, 6.45) is -0.776. The van der Waals surface area contributed by atoms with E-state index < -0.39 is 6.10 Å². The second-order valence-electron chi connectivity index (χ2n) is 5.02. The van der Waals surface area contributed by atoms with Gasteiger partial charge < -0.3 is 19.8 Å². The lowest BCUT2D eigenvalue weighted by Gasteiger charge is -2.14. The highest BCUT2D eigenvalue weighted by molar-refractivity contribution is 5.75. The van der Waals surface area contributed by atoms with E-state index in [2.05, 4.69) is 9.97 Å². The minimum absolute atomic E-state index is 0.256. The molecular formula is C16H16N2O3. The molecule has 3 N–H and O–H groups in total. The van der Waals surface area contributed by atoms with Crippen LogP contribution in [0.2, 0.25) is 0 Å². The van der Waals surface area contributed by atoms with Gasteiger partial charge in [0.1, 0.15) is 11.9 Å². The summed E-state index contributed by atoms with van der Waals surface area (Å²) >= 11 is 0. The highest BCUT2D eigenvalue weighted by atomic mass is 16.5. The standard InChI is InChI=1S/C16H16N2O3/c1-9-3-4-11(8-14(9)21-2)15(19)10-5-6-12-13(7-10)18-16(20)17-12/h3-8,15,19H,1-2H3,(H2,17,18,20). The molecule has 0 radical (unpaired) electrons. The van der Waals surface area contributed by atoms with E-state index in [-0.39, 0.29) is 5.69 Å². The van der Waals surface area contributed by atoms with Crippen LogP contribution in [0.25, 0.3) is 11.0 Å². The third kappa shape index (κ3) is 2.43. The topological polar surface area (TPSA) is 78.1 Å². The van der Waals surface area contributed by atoms with Crippen molar-refractivity contribution in [3.05, 3.63) is 63.6 Å². The first-order chi connectivity index (χ1) is 10.1. The zero-order chi connectivity index (χ0) is 15.0. The number of H-pyrrole nitrogens is 2. The Kier molecular flexibility index (Phi) is 3.27. The van der Waals surface area contributed by atoms with Crippen molar-refractivity contribution < 1.29 is 9.84 Å². The van der Waals surface area contributed by atoms with Crippen LogP contribution in [0.3, 0.4) is 0 Å². The number of aliphatic hydroxyl groups excluding tert-OH is 1. The molecule has 5 nitrogen and oxygen atoms in total. The molecular weight excluding hydrogens is 268 g/mol. The molecule has 5 heteroatoms. The number of fused-ring (bicyclic) bond motifs is 1. The van der Waals surface area contributed by atoms with Crippen LogP contribution in [0.4, 0.5) is 0 Å². The van der Waals surface area contributed by atoms with Crippen LogP contribution in [0.5, 0.6) is 5.75 Å². The molecule has 0 amide bonds. The molecule has 108 valence electrons. The summed E-state index contributed by atoms with van der Waals surface area (Å²) in [6.45, 7) is 1.95. The van der Waals surface area contributed by atoms with E-state index in [1.807, 2.05) is 25.1 Å². The number of aromatic nitrogens is 2. The number of hydrogen-bond acceptors (Lipinski definition) is 3. The maximum Gasteiger partial charge on any atom is 0.323 e. The predicted octanol–water partition coefficient (Wildman–Crippen LogP) is 2.25. The zero-order valence-electron chi connectivity index (χ0n) is 11.8. The zero-order valence-corrected chi connectivity index (χ0v) is 11.8. The van der Waals surface area contributed by atoms with E-state index >= 15 is 0 Å². The van der Waals surface area contributed by atoms with Crippen molar-refractivity contribution in [3.63, 3.8) is 0 Å². The van der Waals surface area contributed by atoms with Gasteiger partial charge in [-0.25, -0.2) is 4.79 Å². The van der Waals surface area contributed by atoms with Crippen LogP contribution < -0.4 is 10.4 Å². The number of ether oxygens (including phenoxy) is 1. The van der Waals surface area contributed by atoms with Gasteiger partial charge in [-0.1, -0.05) is 18.2 Å². The van der Waals surface area contributed by atoms with E-state index in [9.17, 15) is 9.90 Å². The molecule has 1 heterocycles. The molecule has 0 saturated carbocycles. The molecule has 0 saturated heterocycles. The van der Waals surface area contributed by atoms with Crippen molar-refractivity contribution in [2.45, 2.75) is 13.0 Å². The fraction of sp³-hybridized carbons (Fsp3) is 0.188. The molecule has 21 heavy (non-hydrogen) atoms. The Morgan fingerprint density at radius 1 is 1.05 bits per heavy atom. The van der Waals surface area contributed by atoms with Gasteiger partial charge in [0.05, 0.1) is 18.1 Å². The minimum Gasteiger partial charge on any atom is -0.496 e. The number of methoxy groups -OCH3 is 1. The number of imidazole rings is 1. The van der Waals surface area contributed by atoms with Gasteiger partial charge in [0.2, 0.25) is 0 Å². The summed E-state index contributed by atoms with van der Waals surface area (Å²) in [5, 5.41) is 10.5. The molecule has 0 fully saturated rings. The molecule has 3 aromatic rings. The van der Waals surface area contributed by atoms with E-state index in [1.54, 1.807) is 25.3 Å². The third-order valence-corrected chi connectivity index (χ3v) is 3.60. The van der Waals surface area contributed by atoms with Crippen molar-refractivity contribution in [2.75, 3.05) is 7.11 Å². The second-order valence-corrected chi connectivity index (χ2v) is 5.02. The SMILES string of the molecule is COc1cc(C(O)c2ccc3[nH]c(=O)[nH]c3c2)ccc1C. The largest absolute Gasteiger partial charge is 0.496 e. The number of aryl methyl sites for hydroxylation is 1. The Labute approximate surface area is 121 Å². The van der Waals surface area contributed by atoms with Gasteiger partial charge in [-0.3, -0.25) is 0 Å². The number of benzene rings is 2. The van der Waals surface area contributed by atoms with E-state index in [4.69, 9.17) is 4.74 Å². The molecule has 0 aliphatic rings. The van der Waals surface area contributed by atoms with Crippen LogP contribution in [-0.2, 0) is 0 Å². The van der Waals surface area contributed by atoms with E-state index in [0.29, 0.717) is 11.1 Å². The maximum absolute atomic E-state index is 11.3. The molecule has 1 unspecified atom stereocenters. The van der Waals surface area contributed by atoms with Crippen LogP contribution in [0, 0.1) is 6.92 Å². The van der Waals surface area contributed by atoms with Crippen molar-refractivity contribution >= 4 is 11.0 Å². The summed E-state index contributed by atoms with van der Waals surface area (Å²) in [4.78, 5) is 16.6. The molecule has 0 spiro atoms. The molecule has 1 atom stereocenters. The van der Waals surface area contributed by atoms with Crippen molar-refractivity contribution in [1.82, 2.24) is 9.97 Å². The fourth-order valence-corrected chi connectivity index (χ4v) is 2.42. The average molecular weight is 284 g/mol. The Balaban J connectivity index is 2.02. The molecule has 0 bridgehead atoms. The number of aliphatic hydroxyl groups is 1. The lowest BCUT2D eigenvalue weighted by molar-refractivity contribution is 0.220. The highest BCUT2D eigenvalue weighted by Crippen LogP contribution is 2.28. The highest BCUT2D eigenvalue weighted by Gasteiger charge is 2.13. The van der Waals surface area contributed by atoms with Crippen LogP contribution in [-0.4, -0.2) is 22.2 Å². The predicted molar refractivity (Wildman–Crippen MR) is 80.7 cm³/mol. The molecule has 3 rings (SSSR count). The Morgan fingerprint density at radius 3 is 2.48 bits per heavy atom. The maximum atomic E-state index is 11.3. The quantitative estimate of drug-likeness (QED) is 0.690. The summed E-state index contributed by atoms with van der Waals surface area (Å²) in [5.41, 5.74) is 3.61. The first-order valence-electron chi connectivity index (χ1n) is 6.63. The van der Waals surface area contributed by atoms with Crippen molar-refractivity contribution in [3.8, 4) is 5.75 Å². The van der Waals surface area contributed by atoms with Gasteiger partial charge in [0, 0.05) is 0 Å². The fourth-order valence-electron chi connectivity index (χ4n) is 2.42. The molecule has 0 aliphatic carbocycles. The number of aromatic amines is 2. The van der Waals surface area contributed by atoms with Gasteiger partial charge in [-0.2, -0.15) is 0 Å². The monoisotopic (exact) mass is 284 g/mol. The second kappa shape index (κ2) is 5.10. The number of hydrogen-bond donors (Lipinski definition) is 3. The molecule has 1 aromatic heterocycles. The van der Waals surface area contributed by atoms with E-state index in [1.165, 1.54) is 0 Å². The van der Waals surface area contributed by atoms with Crippen LogP contribution in [0.1, 0.15) is 22.8 Å². The van der Waals surface area contributed by atoms with Gasteiger partial charge in [0.15, 0.2) is 0 Å². The van der Waals surface area contributed by atoms with Gasteiger partial charge in [-0.15, -0.1) is 0 Å². The van der Waals surface area contributed by atoms with Gasteiger partial charge >= 0.3 is 5.69 Å². The Morgan fingerprint density at radius 2 is 1.71 bits per heavy atom. The lowest BCUT2D eigenvalue weighted by Crippen LogP contribution is -2.01. The smallest absolute Gasteiger partial charge is 0.323 e. The lowest BCUT2D eigenvalue weighted by atomic mass is 9.99. The third-order valence-electron chi connectivity index (χ3n) is 3.60. The molecule has 0 aliphatic heterocycles. The number of rotatable bonds is 3. The molecule has 2 aromatic carbocycles. The summed E-state index contributed by atoms with van der Waals surface area (Å²) < 4.78 is 5.28. The first kappa shape index (κ1) is 13.5. The van der Waals surface area contributed by atoms with Crippen LogP contribution in [0.15, 0.2) is 41.2 Å². The first-order valence-corrected chi connectivity index (χ1v) is 6.63. The van der Waals surface area contributed by atoms with E-state index in [0.717, 1.165) is 22.4 Å². The summed E-state index contributed by atoms with van der Waals surface area (Å²) in [6, 6.07) is 10.9. The normalized spacial score (nSPS) is 12.5. The van der Waals surface area contributed by atoms with Crippen molar-refractivity contribution in [1.29, 1.82) is 0 Å². The summed E-state index contributed by atoms with van der Waals surface area (Å²) in [7, 11) is 1.61. The summed E-state index contributed by atoms with van der Waals surface area (Å²) in [5.74, 6) is 0.739. The minimum atomic E-state index is -0.776. The Hall–Kier alpha value is -2.53. The Bertz CT molecular complexity index is 848. The van der Waals surface area contributed by atoms with Crippen molar-refractivity contribution in [2.24, 2.45) is 0 Å². The number of nitrogens with one attached hydrogen (secondary N) is 2.